The van der Waals surface area contributed by atoms with Gasteiger partial charge < -0.3 is 9.88 Å². The Morgan fingerprint density at radius 3 is 2.78 bits per heavy atom. The third kappa shape index (κ3) is 3.45. The molecule has 2 aromatic carbocycles. The maximum absolute atomic E-state index is 13.7. The van der Waals surface area contributed by atoms with Gasteiger partial charge in [-0.1, -0.05) is 30.3 Å². The van der Waals surface area contributed by atoms with Gasteiger partial charge in [-0.15, -0.1) is 10.2 Å². The lowest BCUT2D eigenvalue weighted by molar-refractivity contribution is -0.123. The standard InChI is InChI=1S/C20H18F2N4O/c21-15-8-9-17(22)14(11-15)12-23-20(27)16-7-4-10-26-18(24-25-19(16)26)13-5-2-1-3-6-13/h1-3,5-6,8-9,11,16H,4,7,10,12H2,(H,23,27). The minimum absolute atomic E-state index is 0.0708. The first-order valence-corrected chi connectivity index (χ1v) is 8.83. The fraction of sp³-hybridized carbons (Fsp3) is 0.250. The van der Waals surface area contributed by atoms with E-state index in [1.54, 1.807) is 0 Å². The second-order valence-corrected chi connectivity index (χ2v) is 6.55. The fourth-order valence-electron chi connectivity index (χ4n) is 3.41. The number of carbonyl (C=O) groups excluding carboxylic acids is 1. The predicted octanol–water partition coefficient (Wildman–Crippen LogP) is 3.42. The van der Waals surface area contributed by atoms with Crippen molar-refractivity contribution < 1.29 is 13.6 Å². The van der Waals surface area contributed by atoms with E-state index >= 15 is 0 Å². The molecular weight excluding hydrogens is 350 g/mol. The summed E-state index contributed by atoms with van der Waals surface area (Å²) in [4.78, 5) is 12.7. The highest BCUT2D eigenvalue weighted by molar-refractivity contribution is 5.83. The van der Waals surface area contributed by atoms with E-state index in [2.05, 4.69) is 15.5 Å². The average molecular weight is 368 g/mol. The van der Waals surface area contributed by atoms with E-state index in [9.17, 15) is 13.6 Å². The number of fused-ring (bicyclic) bond motifs is 1. The van der Waals surface area contributed by atoms with Crippen molar-refractivity contribution >= 4 is 5.91 Å². The lowest BCUT2D eigenvalue weighted by atomic mass is 9.97. The number of hydrogen-bond donors (Lipinski definition) is 1. The Morgan fingerprint density at radius 1 is 1.15 bits per heavy atom. The predicted molar refractivity (Wildman–Crippen MR) is 95.6 cm³/mol. The second-order valence-electron chi connectivity index (χ2n) is 6.55. The van der Waals surface area contributed by atoms with Gasteiger partial charge in [0, 0.05) is 24.2 Å². The van der Waals surface area contributed by atoms with E-state index in [1.165, 1.54) is 0 Å². The van der Waals surface area contributed by atoms with Crippen LogP contribution in [0, 0.1) is 11.6 Å². The maximum Gasteiger partial charge on any atom is 0.231 e. The number of halogens is 2. The summed E-state index contributed by atoms with van der Waals surface area (Å²) in [6, 6.07) is 12.9. The first-order valence-electron chi connectivity index (χ1n) is 8.83. The quantitative estimate of drug-likeness (QED) is 0.768. The highest BCUT2D eigenvalue weighted by Crippen LogP contribution is 2.30. The SMILES string of the molecule is O=C(NCc1cc(F)ccc1F)C1CCCn2c(-c3ccccc3)nnc21. The van der Waals surface area contributed by atoms with Crippen LogP contribution in [0.2, 0.25) is 0 Å². The summed E-state index contributed by atoms with van der Waals surface area (Å²) in [5.41, 5.74) is 1.06. The Kier molecular flexibility index (Phi) is 4.66. The lowest BCUT2D eigenvalue weighted by Crippen LogP contribution is -2.33. The number of benzene rings is 2. The van der Waals surface area contributed by atoms with Crippen molar-refractivity contribution in [1.29, 1.82) is 0 Å². The molecule has 0 radical (unpaired) electrons. The summed E-state index contributed by atoms with van der Waals surface area (Å²) in [5, 5.41) is 11.2. The van der Waals surface area contributed by atoms with Crippen molar-refractivity contribution in [2.24, 2.45) is 0 Å². The van der Waals surface area contributed by atoms with Gasteiger partial charge in [0.2, 0.25) is 5.91 Å². The Balaban J connectivity index is 1.53. The van der Waals surface area contributed by atoms with Crippen LogP contribution >= 0.6 is 0 Å². The molecule has 1 atom stereocenters. The van der Waals surface area contributed by atoms with Crippen LogP contribution in [0.4, 0.5) is 8.78 Å². The smallest absolute Gasteiger partial charge is 0.231 e. The number of amides is 1. The van der Waals surface area contributed by atoms with E-state index in [0.717, 1.165) is 42.6 Å². The zero-order chi connectivity index (χ0) is 18.8. The van der Waals surface area contributed by atoms with Gasteiger partial charge in [-0.25, -0.2) is 8.78 Å². The molecule has 0 saturated carbocycles. The van der Waals surface area contributed by atoms with E-state index in [1.807, 2.05) is 34.9 Å². The molecule has 0 bridgehead atoms. The first kappa shape index (κ1) is 17.3. The van der Waals surface area contributed by atoms with Gasteiger partial charge in [-0.3, -0.25) is 4.79 Å². The van der Waals surface area contributed by atoms with Gasteiger partial charge in [-0.05, 0) is 31.0 Å². The van der Waals surface area contributed by atoms with Gasteiger partial charge in [0.1, 0.15) is 17.5 Å². The van der Waals surface area contributed by atoms with Crippen LogP contribution < -0.4 is 5.32 Å². The summed E-state index contributed by atoms with van der Waals surface area (Å²) in [5.74, 6) is -0.455. The van der Waals surface area contributed by atoms with E-state index in [4.69, 9.17) is 0 Å². The molecule has 1 aliphatic heterocycles. The van der Waals surface area contributed by atoms with Crippen molar-refractivity contribution in [3.05, 3.63) is 71.6 Å². The number of rotatable bonds is 4. The number of nitrogens with zero attached hydrogens (tertiary/aromatic N) is 3. The van der Waals surface area contributed by atoms with Crippen LogP contribution in [-0.2, 0) is 17.9 Å². The van der Waals surface area contributed by atoms with Crippen molar-refractivity contribution in [2.45, 2.75) is 31.8 Å². The fourth-order valence-corrected chi connectivity index (χ4v) is 3.41. The third-order valence-corrected chi connectivity index (χ3v) is 4.77. The van der Waals surface area contributed by atoms with Crippen LogP contribution in [0.25, 0.3) is 11.4 Å². The molecule has 1 unspecified atom stereocenters. The van der Waals surface area contributed by atoms with E-state index in [0.29, 0.717) is 12.2 Å². The highest BCUT2D eigenvalue weighted by atomic mass is 19.1. The summed E-state index contributed by atoms with van der Waals surface area (Å²) >= 11 is 0. The molecule has 4 rings (SSSR count). The van der Waals surface area contributed by atoms with Crippen LogP contribution in [-0.4, -0.2) is 20.7 Å². The number of aromatic nitrogens is 3. The highest BCUT2D eigenvalue weighted by Gasteiger charge is 2.31. The van der Waals surface area contributed by atoms with Gasteiger partial charge in [0.15, 0.2) is 5.82 Å². The Labute approximate surface area is 155 Å². The molecule has 2 heterocycles. The van der Waals surface area contributed by atoms with Crippen molar-refractivity contribution in [3.63, 3.8) is 0 Å². The molecule has 1 N–H and O–H groups in total. The third-order valence-electron chi connectivity index (χ3n) is 4.77. The van der Waals surface area contributed by atoms with Gasteiger partial charge >= 0.3 is 0 Å². The zero-order valence-electron chi connectivity index (χ0n) is 14.5. The zero-order valence-corrected chi connectivity index (χ0v) is 14.5. The second kappa shape index (κ2) is 7.26. The molecule has 7 heteroatoms. The molecule has 1 aromatic heterocycles. The molecule has 0 spiro atoms. The van der Waals surface area contributed by atoms with Crippen molar-refractivity contribution in [2.75, 3.05) is 0 Å². The van der Waals surface area contributed by atoms with Gasteiger partial charge in [0.05, 0.1) is 5.92 Å². The molecule has 0 aliphatic carbocycles. The number of carbonyl (C=O) groups is 1. The number of nitrogens with one attached hydrogen (secondary N) is 1. The van der Waals surface area contributed by atoms with Gasteiger partial charge in [-0.2, -0.15) is 0 Å². The van der Waals surface area contributed by atoms with Crippen LogP contribution in [0.1, 0.15) is 30.1 Å². The van der Waals surface area contributed by atoms with Crippen LogP contribution in [0.15, 0.2) is 48.5 Å². The lowest BCUT2D eigenvalue weighted by Gasteiger charge is -2.23. The minimum atomic E-state index is -0.546. The molecule has 0 saturated heterocycles. The Morgan fingerprint density at radius 2 is 1.96 bits per heavy atom. The first-order chi connectivity index (χ1) is 13.1. The molecule has 27 heavy (non-hydrogen) atoms. The maximum atomic E-state index is 13.7. The molecule has 1 amide bonds. The molecule has 138 valence electrons. The van der Waals surface area contributed by atoms with Crippen LogP contribution in [0.5, 0.6) is 0 Å². The largest absolute Gasteiger partial charge is 0.351 e. The van der Waals surface area contributed by atoms with Crippen LogP contribution in [0.3, 0.4) is 0 Å². The van der Waals surface area contributed by atoms with E-state index in [-0.39, 0.29) is 18.0 Å². The van der Waals surface area contributed by atoms with Crippen molar-refractivity contribution in [1.82, 2.24) is 20.1 Å². The Hall–Kier alpha value is -3.09. The summed E-state index contributed by atoms with van der Waals surface area (Å²) in [6.45, 7) is 0.674. The summed E-state index contributed by atoms with van der Waals surface area (Å²) < 4.78 is 29.0. The molecular formula is C20H18F2N4O. The van der Waals surface area contributed by atoms with Crippen molar-refractivity contribution in [3.8, 4) is 11.4 Å². The molecule has 3 aromatic rings. The molecule has 1 aliphatic rings. The monoisotopic (exact) mass is 368 g/mol. The average Bonchev–Trinajstić information content (AvgIpc) is 3.13. The number of hydrogen-bond acceptors (Lipinski definition) is 3. The van der Waals surface area contributed by atoms with E-state index < -0.39 is 17.6 Å². The Bertz CT molecular complexity index is 971. The minimum Gasteiger partial charge on any atom is -0.351 e. The topological polar surface area (TPSA) is 59.8 Å². The summed E-state index contributed by atoms with van der Waals surface area (Å²) in [7, 11) is 0. The molecule has 0 fully saturated rings. The van der Waals surface area contributed by atoms with Gasteiger partial charge in [0.25, 0.3) is 0 Å². The normalized spacial score (nSPS) is 16.0. The molecule has 5 nitrogen and oxygen atoms in total. The summed E-state index contributed by atoms with van der Waals surface area (Å²) in [6.07, 6.45) is 1.46.